The maximum atomic E-state index is 13.3. The van der Waals surface area contributed by atoms with E-state index in [1.807, 2.05) is 67.6 Å². The summed E-state index contributed by atoms with van der Waals surface area (Å²) >= 11 is 0. The minimum absolute atomic E-state index is 0.200. The summed E-state index contributed by atoms with van der Waals surface area (Å²) in [6.45, 7) is 2.66. The predicted molar refractivity (Wildman–Crippen MR) is 136 cm³/mol. The van der Waals surface area contributed by atoms with Crippen LogP contribution < -0.4 is 21.5 Å². The van der Waals surface area contributed by atoms with E-state index < -0.39 is 12.3 Å². The number of likely N-dealkylation sites (N-methyl/N-ethyl adjacent to an activating group) is 1. The molecule has 188 valence electrons. The van der Waals surface area contributed by atoms with Gasteiger partial charge in [0, 0.05) is 30.5 Å². The van der Waals surface area contributed by atoms with Crippen LogP contribution in [0.2, 0.25) is 0 Å². The zero-order valence-electron chi connectivity index (χ0n) is 20.3. The maximum absolute atomic E-state index is 13.3. The topological polar surface area (TPSA) is 114 Å². The molecular weight excluding hydrogens is 458 g/mol. The molecule has 2 amide bonds. The van der Waals surface area contributed by atoms with Crippen molar-refractivity contribution in [2.45, 2.75) is 38.5 Å². The van der Waals surface area contributed by atoms with Crippen LogP contribution in [0, 0.1) is 0 Å². The molecule has 2 heterocycles. The van der Waals surface area contributed by atoms with Crippen LogP contribution in [-0.4, -0.2) is 41.1 Å². The van der Waals surface area contributed by atoms with Crippen molar-refractivity contribution in [3.63, 3.8) is 0 Å². The van der Waals surface area contributed by atoms with Crippen molar-refractivity contribution in [2.24, 2.45) is 0 Å². The number of carbonyl (C=O) groups excluding carboxylic acids is 2. The molecule has 0 saturated carbocycles. The van der Waals surface area contributed by atoms with Crippen molar-refractivity contribution in [1.82, 2.24) is 20.2 Å². The van der Waals surface area contributed by atoms with E-state index in [0.29, 0.717) is 37.2 Å². The number of benzene rings is 2. The zero-order valence-corrected chi connectivity index (χ0v) is 20.3. The average Bonchev–Trinajstić information content (AvgIpc) is 3.34. The van der Waals surface area contributed by atoms with Crippen LogP contribution in [0.4, 0.5) is 5.82 Å². The van der Waals surface area contributed by atoms with E-state index in [1.165, 1.54) is 4.57 Å². The SMILES string of the molecule is CCNC(=O)COC(NC(=O)[C@@H]1CCc2cnc(NCCc3ccccc3)c(=O)n21)c1ccccc1. The number of nitrogens with zero attached hydrogens (tertiary/aromatic N) is 2. The lowest BCUT2D eigenvalue weighted by Crippen LogP contribution is -2.40. The molecule has 1 aromatic heterocycles. The first kappa shape index (κ1) is 25.1. The Kier molecular flexibility index (Phi) is 8.46. The molecule has 2 aromatic carbocycles. The Morgan fingerprint density at radius 3 is 2.56 bits per heavy atom. The highest BCUT2D eigenvalue weighted by Crippen LogP contribution is 2.25. The molecule has 0 saturated heterocycles. The van der Waals surface area contributed by atoms with Gasteiger partial charge < -0.3 is 20.7 Å². The van der Waals surface area contributed by atoms with E-state index >= 15 is 0 Å². The summed E-state index contributed by atoms with van der Waals surface area (Å²) in [4.78, 5) is 42.8. The third-order valence-electron chi connectivity index (χ3n) is 6.04. The molecular formula is C27H31N5O4. The van der Waals surface area contributed by atoms with Crippen molar-refractivity contribution < 1.29 is 14.3 Å². The molecule has 0 bridgehead atoms. The molecule has 0 spiro atoms. The second-order valence-corrected chi connectivity index (χ2v) is 8.55. The van der Waals surface area contributed by atoms with Gasteiger partial charge in [0.15, 0.2) is 12.0 Å². The number of hydrogen-bond acceptors (Lipinski definition) is 6. The molecule has 3 N–H and O–H groups in total. The zero-order chi connectivity index (χ0) is 25.3. The summed E-state index contributed by atoms with van der Waals surface area (Å²) in [6.07, 6.45) is 2.62. The summed E-state index contributed by atoms with van der Waals surface area (Å²) < 4.78 is 7.27. The molecule has 1 unspecified atom stereocenters. The van der Waals surface area contributed by atoms with Gasteiger partial charge in [-0.2, -0.15) is 0 Å². The fourth-order valence-corrected chi connectivity index (χ4v) is 4.26. The summed E-state index contributed by atoms with van der Waals surface area (Å²) in [5, 5.41) is 8.68. The molecule has 0 aliphatic carbocycles. The smallest absolute Gasteiger partial charge is 0.294 e. The van der Waals surface area contributed by atoms with Gasteiger partial charge >= 0.3 is 0 Å². The Hall–Kier alpha value is -3.98. The molecule has 4 rings (SSSR count). The number of fused-ring (bicyclic) bond motifs is 1. The monoisotopic (exact) mass is 489 g/mol. The minimum atomic E-state index is -0.827. The van der Waals surface area contributed by atoms with Gasteiger partial charge in [-0.15, -0.1) is 0 Å². The van der Waals surface area contributed by atoms with E-state index in [9.17, 15) is 14.4 Å². The molecule has 36 heavy (non-hydrogen) atoms. The first-order valence-electron chi connectivity index (χ1n) is 12.2. The van der Waals surface area contributed by atoms with Crippen LogP contribution in [0.5, 0.6) is 0 Å². The third-order valence-corrected chi connectivity index (χ3v) is 6.04. The normalized spacial score (nSPS) is 15.1. The molecule has 3 aromatic rings. The molecule has 2 atom stereocenters. The Morgan fingerprint density at radius 2 is 1.83 bits per heavy atom. The first-order chi connectivity index (χ1) is 17.6. The number of nitrogens with one attached hydrogen (secondary N) is 3. The number of anilines is 1. The third kappa shape index (κ3) is 6.17. The van der Waals surface area contributed by atoms with Crippen molar-refractivity contribution in [1.29, 1.82) is 0 Å². The number of aryl methyl sites for hydroxylation is 1. The molecule has 1 aliphatic rings. The highest BCUT2D eigenvalue weighted by molar-refractivity contribution is 5.81. The van der Waals surface area contributed by atoms with Crippen LogP contribution in [0.3, 0.4) is 0 Å². The standard InChI is InChI=1S/C27H31N5O4/c1-2-28-23(33)18-36-26(20-11-7-4-8-12-20)31-25(34)22-14-13-21-17-30-24(27(35)32(21)22)29-16-15-19-9-5-3-6-10-19/h3-12,17,22,26H,2,13-16,18H2,1H3,(H,28,33)(H,29,30)(H,31,34)/t22-,26?/m0/s1. The summed E-state index contributed by atoms with van der Waals surface area (Å²) in [7, 11) is 0. The first-order valence-corrected chi connectivity index (χ1v) is 12.2. The predicted octanol–water partition coefficient (Wildman–Crippen LogP) is 2.35. The Labute approximate surface area is 209 Å². The molecule has 0 radical (unpaired) electrons. The van der Waals surface area contributed by atoms with Crippen LogP contribution in [0.25, 0.3) is 0 Å². The number of hydrogen-bond donors (Lipinski definition) is 3. The van der Waals surface area contributed by atoms with E-state index in [4.69, 9.17) is 4.74 Å². The summed E-state index contributed by atoms with van der Waals surface area (Å²) in [5.41, 5.74) is 2.26. The van der Waals surface area contributed by atoms with E-state index in [1.54, 1.807) is 6.20 Å². The average molecular weight is 490 g/mol. The fraction of sp³-hybridized carbons (Fsp3) is 0.333. The maximum Gasteiger partial charge on any atom is 0.294 e. The van der Waals surface area contributed by atoms with Gasteiger partial charge in [-0.3, -0.25) is 19.0 Å². The Balaban J connectivity index is 1.46. The largest absolute Gasteiger partial charge is 0.365 e. The van der Waals surface area contributed by atoms with Crippen molar-refractivity contribution in [3.05, 3.63) is 94.0 Å². The van der Waals surface area contributed by atoms with Gasteiger partial charge in [0.2, 0.25) is 11.8 Å². The second kappa shape index (κ2) is 12.1. The lowest BCUT2D eigenvalue weighted by atomic mass is 10.1. The second-order valence-electron chi connectivity index (χ2n) is 8.55. The van der Waals surface area contributed by atoms with Crippen LogP contribution >= 0.6 is 0 Å². The minimum Gasteiger partial charge on any atom is -0.365 e. The van der Waals surface area contributed by atoms with Gasteiger partial charge in [0.1, 0.15) is 12.6 Å². The number of amides is 2. The highest BCUT2D eigenvalue weighted by Gasteiger charge is 2.32. The molecule has 9 nitrogen and oxygen atoms in total. The Bertz CT molecular complexity index is 1230. The number of aromatic nitrogens is 2. The number of rotatable bonds is 11. The van der Waals surface area contributed by atoms with Gasteiger partial charge in [-0.05, 0) is 31.7 Å². The van der Waals surface area contributed by atoms with E-state index in [-0.39, 0.29) is 29.8 Å². The molecule has 0 fully saturated rings. The molecule has 9 heteroatoms. The van der Waals surface area contributed by atoms with Crippen LogP contribution in [0.15, 0.2) is 71.7 Å². The van der Waals surface area contributed by atoms with Crippen LogP contribution in [-0.2, 0) is 27.2 Å². The summed E-state index contributed by atoms with van der Waals surface area (Å²) in [5.74, 6) is -0.393. The fourth-order valence-electron chi connectivity index (χ4n) is 4.26. The van der Waals surface area contributed by atoms with Gasteiger partial charge in [0.25, 0.3) is 5.56 Å². The van der Waals surface area contributed by atoms with E-state index in [2.05, 4.69) is 20.9 Å². The quantitative estimate of drug-likeness (QED) is 0.356. The summed E-state index contributed by atoms with van der Waals surface area (Å²) in [6, 6.07) is 18.4. The van der Waals surface area contributed by atoms with Crippen molar-refractivity contribution in [3.8, 4) is 0 Å². The van der Waals surface area contributed by atoms with Crippen molar-refractivity contribution >= 4 is 17.6 Å². The van der Waals surface area contributed by atoms with Crippen molar-refractivity contribution in [2.75, 3.05) is 25.0 Å². The van der Waals surface area contributed by atoms with Gasteiger partial charge in [-0.25, -0.2) is 4.98 Å². The Morgan fingerprint density at radius 1 is 1.11 bits per heavy atom. The number of ether oxygens (including phenoxy) is 1. The highest BCUT2D eigenvalue weighted by atomic mass is 16.5. The van der Waals surface area contributed by atoms with Gasteiger partial charge in [-0.1, -0.05) is 60.7 Å². The van der Waals surface area contributed by atoms with Gasteiger partial charge in [0.05, 0.1) is 0 Å². The molecule has 1 aliphatic heterocycles. The van der Waals surface area contributed by atoms with Crippen LogP contribution in [0.1, 0.15) is 42.4 Å². The lowest BCUT2D eigenvalue weighted by Gasteiger charge is -2.22. The lowest BCUT2D eigenvalue weighted by molar-refractivity contribution is -0.135. The number of carbonyl (C=O) groups is 2. The van der Waals surface area contributed by atoms with E-state index in [0.717, 1.165) is 12.0 Å².